The van der Waals surface area contributed by atoms with Gasteiger partial charge in [-0.05, 0) is 45.6 Å². The van der Waals surface area contributed by atoms with E-state index < -0.39 is 11.7 Å². The molecule has 2 aromatic heterocycles. The molecule has 7 nitrogen and oxygen atoms in total. The number of carbonyl (C=O) groups excluding carboxylic acids is 1. The van der Waals surface area contributed by atoms with Gasteiger partial charge in [0.1, 0.15) is 5.60 Å². The van der Waals surface area contributed by atoms with Crippen LogP contribution in [0.25, 0.3) is 4.96 Å². The van der Waals surface area contributed by atoms with Gasteiger partial charge in [-0.2, -0.15) is 4.52 Å². The third kappa shape index (κ3) is 6.18. The molecule has 162 valence electrons. The van der Waals surface area contributed by atoms with E-state index in [1.807, 2.05) is 20.8 Å². The summed E-state index contributed by atoms with van der Waals surface area (Å²) in [4.78, 5) is 13.1. The lowest BCUT2D eigenvalue weighted by molar-refractivity contribution is 0.0494. The van der Waals surface area contributed by atoms with Gasteiger partial charge in [-0.15, -0.1) is 15.3 Å². The zero-order valence-corrected chi connectivity index (χ0v) is 19.9. The molecule has 0 fully saturated rings. The Morgan fingerprint density at radius 3 is 2.73 bits per heavy atom. The molecule has 1 aromatic carbocycles. The SMILES string of the molecule is Cc1cccc(CSc2nn3c(C(CC(C)C)NC(=O)OC(C)(C)C)nnc3s2)c1. The van der Waals surface area contributed by atoms with Gasteiger partial charge in [-0.25, -0.2) is 4.79 Å². The lowest BCUT2D eigenvalue weighted by Crippen LogP contribution is -2.36. The van der Waals surface area contributed by atoms with Crippen molar-refractivity contribution in [2.24, 2.45) is 5.92 Å². The highest BCUT2D eigenvalue weighted by Gasteiger charge is 2.26. The summed E-state index contributed by atoms with van der Waals surface area (Å²) in [6, 6.07) is 8.14. The average Bonchev–Trinajstić information content (AvgIpc) is 3.17. The van der Waals surface area contributed by atoms with Crippen LogP contribution in [0.3, 0.4) is 0 Å². The largest absolute Gasteiger partial charge is 0.444 e. The Morgan fingerprint density at radius 1 is 1.30 bits per heavy atom. The number of amides is 1. The monoisotopic (exact) mass is 447 g/mol. The highest BCUT2D eigenvalue weighted by molar-refractivity contribution is 8.00. The van der Waals surface area contributed by atoms with Gasteiger partial charge in [-0.3, -0.25) is 0 Å². The number of aryl methyl sites for hydroxylation is 1. The average molecular weight is 448 g/mol. The van der Waals surface area contributed by atoms with E-state index in [9.17, 15) is 4.79 Å². The number of nitrogens with one attached hydrogen (secondary N) is 1. The van der Waals surface area contributed by atoms with Gasteiger partial charge in [-0.1, -0.05) is 66.8 Å². The fraction of sp³-hybridized carbons (Fsp3) is 0.524. The van der Waals surface area contributed by atoms with E-state index in [1.165, 1.54) is 22.5 Å². The fourth-order valence-corrected chi connectivity index (χ4v) is 4.81. The number of hydrogen-bond acceptors (Lipinski definition) is 7. The summed E-state index contributed by atoms with van der Waals surface area (Å²) in [6.07, 6.45) is 0.248. The first-order valence-corrected chi connectivity index (χ1v) is 11.8. The van der Waals surface area contributed by atoms with Crippen molar-refractivity contribution in [1.29, 1.82) is 0 Å². The number of nitrogens with zero attached hydrogens (tertiary/aromatic N) is 4. The molecule has 30 heavy (non-hydrogen) atoms. The Labute approximate surface area is 185 Å². The van der Waals surface area contributed by atoms with Gasteiger partial charge in [0.05, 0.1) is 6.04 Å². The summed E-state index contributed by atoms with van der Waals surface area (Å²) in [6.45, 7) is 11.8. The molecule has 2 heterocycles. The first-order valence-electron chi connectivity index (χ1n) is 10.0. The minimum Gasteiger partial charge on any atom is -0.444 e. The van der Waals surface area contributed by atoms with Crippen LogP contribution >= 0.6 is 23.1 Å². The third-order valence-electron chi connectivity index (χ3n) is 4.15. The normalized spacial score (nSPS) is 13.0. The van der Waals surface area contributed by atoms with Crippen LogP contribution in [-0.4, -0.2) is 31.5 Å². The molecule has 0 bridgehead atoms. The summed E-state index contributed by atoms with van der Waals surface area (Å²) in [7, 11) is 0. The fourth-order valence-electron chi connectivity index (χ4n) is 2.99. The minimum atomic E-state index is -0.563. The molecule has 1 amide bonds. The van der Waals surface area contributed by atoms with Crippen LogP contribution in [0.15, 0.2) is 28.6 Å². The summed E-state index contributed by atoms with van der Waals surface area (Å²) < 4.78 is 8.10. The van der Waals surface area contributed by atoms with E-state index in [4.69, 9.17) is 9.84 Å². The van der Waals surface area contributed by atoms with E-state index in [1.54, 1.807) is 16.3 Å². The van der Waals surface area contributed by atoms with Crippen LogP contribution in [0.2, 0.25) is 0 Å². The van der Waals surface area contributed by atoms with E-state index in [0.717, 1.165) is 15.1 Å². The lowest BCUT2D eigenvalue weighted by atomic mass is 10.0. The van der Waals surface area contributed by atoms with E-state index in [2.05, 4.69) is 60.6 Å². The predicted octanol–water partition coefficient (Wildman–Crippen LogP) is 5.40. The molecule has 0 saturated carbocycles. The number of ether oxygens (including phenoxy) is 1. The van der Waals surface area contributed by atoms with Gasteiger partial charge in [0.25, 0.3) is 0 Å². The van der Waals surface area contributed by atoms with Crippen LogP contribution in [0.1, 0.15) is 64.0 Å². The maximum Gasteiger partial charge on any atom is 0.408 e. The van der Waals surface area contributed by atoms with Gasteiger partial charge in [0.15, 0.2) is 10.2 Å². The van der Waals surface area contributed by atoms with Crippen LogP contribution in [-0.2, 0) is 10.5 Å². The molecule has 1 unspecified atom stereocenters. The van der Waals surface area contributed by atoms with Crippen LogP contribution < -0.4 is 5.32 Å². The van der Waals surface area contributed by atoms with Crippen molar-refractivity contribution in [2.75, 3.05) is 0 Å². The number of carbonyl (C=O) groups is 1. The number of thioether (sulfide) groups is 1. The molecule has 9 heteroatoms. The molecule has 0 aliphatic heterocycles. The Hall–Kier alpha value is -2.13. The van der Waals surface area contributed by atoms with E-state index in [0.29, 0.717) is 18.2 Å². The van der Waals surface area contributed by atoms with Crippen LogP contribution in [0.5, 0.6) is 0 Å². The van der Waals surface area contributed by atoms with Crippen molar-refractivity contribution in [3.63, 3.8) is 0 Å². The number of alkyl carbamates (subject to hydrolysis) is 1. The molecule has 0 aliphatic carbocycles. The van der Waals surface area contributed by atoms with Gasteiger partial charge >= 0.3 is 6.09 Å². The number of benzene rings is 1. The van der Waals surface area contributed by atoms with E-state index in [-0.39, 0.29) is 6.04 Å². The molecule has 0 aliphatic rings. The summed E-state index contributed by atoms with van der Waals surface area (Å²) in [5, 5.41) is 16.2. The lowest BCUT2D eigenvalue weighted by Gasteiger charge is -2.23. The second-order valence-corrected chi connectivity index (χ2v) is 10.9. The van der Waals surface area contributed by atoms with Crippen molar-refractivity contribution in [2.45, 2.75) is 69.7 Å². The Kier molecular flexibility index (Phi) is 7.02. The first kappa shape index (κ1) is 22.6. The van der Waals surface area contributed by atoms with Crippen LogP contribution in [0.4, 0.5) is 4.79 Å². The molecule has 0 saturated heterocycles. The van der Waals surface area contributed by atoms with Gasteiger partial charge in [0, 0.05) is 5.75 Å². The highest BCUT2D eigenvalue weighted by atomic mass is 32.2. The Balaban J connectivity index is 1.77. The minimum absolute atomic E-state index is 0.327. The topological polar surface area (TPSA) is 81.4 Å². The number of aromatic nitrogens is 4. The van der Waals surface area contributed by atoms with Crippen molar-refractivity contribution in [3.05, 3.63) is 41.2 Å². The first-order chi connectivity index (χ1) is 14.1. The second-order valence-electron chi connectivity index (χ2n) is 8.73. The molecular formula is C21H29N5O2S2. The number of fused-ring (bicyclic) bond motifs is 1. The molecular weight excluding hydrogens is 418 g/mol. The molecule has 0 spiro atoms. The molecule has 1 atom stereocenters. The standard InChI is InChI=1S/C21H29N5O2S2/c1-13(2)10-16(22-19(27)28-21(4,5)6)17-23-24-18-26(17)25-20(30-18)29-12-15-9-7-8-14(3)11-15/h7-9,11,13,16H,10,12H2,1-6H3,(H,22,27). The predicted molar refractivity (Wildman–Crippen MR) is 121 cm³/mol. The number of hydrogen-bond donors (Lipinski definition) is 1. The molecule has 0 radical (unpaired) electrons. The quantitative estimate of drug-likeness (QED) is 0.489. The Morgan fingerprint density at radius 2 is 2.07 bits per heavy atom. The summed E-state index contributed by atoms with van der Waals surface area (Å²) >= 11 is 3.18. The van der Waals surface area contributed by atoms with Gasteiger partial charge in [0.2, 0.25) is 4.96 Å². The second kappa shape index (κ2) is 9.34. The molecule has 3 aromatic rings. The molecule has 1 N–H and O–H groups in total. The Bertz CT molecular complexity index is 1010. The van der Waals surface area contributed by atoms with E-state index >= 15 is 0 Å². The smallest absolute Gasteiger partial charge is 0.408 e. The number of rotatable bonds is 7. The van der Waals surface area contributed by atoms with Crippen molar-refractivity contribution in [1.82, 2.24) is 25.1 Å². The van der Waals surface area contributed by atoms with Crippen molar-refractivity contribution < 1.29 is 9.53 Å². The zero-order chi connectivity index (χ0) is 21.9. The molecule has 3 rings (SSSR count). The van der Waals surface area contributed by atoms with Crippen molar-refractivity contribution in [3.8, 4) is 0 Å². The third-order valence-corrected chi connectivity index (χ3v) is 6.25. The van der Waals surface area contributed by atoms with Crippen LogP contribution in [0, 0.1) is 12.8 Å². The maximum atomic E-state index is 12.4. The zero-order valence-electron chi connectivity index (χ0n) is 18.3. The highest BCUT2D eigenvalue weighted by Crippen LogP contribution is 2.30. The van der Waals surface area contributed by atoms with Gasteiger partial charge < -0.3 is 10.1 Å². The van der Waals surface area contributed by atoms with Crippen molar-refractivity contribution >= 4 is 34.2 Å². The summed E-state index contributed by atoms with van der Waals surface area (Å²) in [5.41, 5.74) is 1.95. The summed E-state index contributed by atoms with van der Waals surface area (Å²) in [5.74, 6) is 1.82. The maximum absolute atomic E-state index is 12.4.